The van der Waals surface area contributed by atoms with Crippen molar-refractivity contribution in [1.29, 1.82) is 0 Å². The first-order valence-corrected chi connectivity index (χ1v) is 5.09. The highest BCUT2D eigenvalue weighted by atomic mass is 127. The van der Waals surface area contributed by atoms with Crippen LogP contribution in [-0.2, 0) is 0 Å². The first-order valence-electron chi connectivity index (χ1n) is 4.01. The van der Waals surface area contributed by atoms with Crippen LogP contribution in [0, 0.1) is 9.85 Å². The minimum Gasteiger partial charge on any atom is -0.0616 e. The quantitative estimate of drug-likeness (QED) is 0.510. The number of hydrogen-bond acceptors (Lipinski definition) is 0. The molecule has 2 rings (SSSR count). The lowest BCUT2D eigenvalue weighted by molar-refractivity contribution is 1.71. The highest BCUT2D eigenvalue weighted by Crippen LogP contribution is 2.17. The van der Waals surface area contributed by atoms with Crippen LogP contribution >= 0.6 is 22.6 Å². The van der Waals surface area contributed by atoms with E-state index in [0.717, 1.165) is 5.56 Å². The SMILES string of the molecule is IC#Cc1cccc2ccccc12. The van der Waals surface area contributed by atoms with Crippen molar-refractivity contribution in [3.63, 3.8) is 0 Å². The molecule has 0 heterocycles. The van der Waals surface area contributed by atoms with Gasteiger partial charge in [0.2, 0.25) is 0 Å². The highest BCUT2D eigenvalue weighted by molar-refractivity contribution is 14.1. The normalized spacial score (nSPS) is 9.31. The van der Waals surface area contributed by atoms with Crippen LogP contribution in [0.3, 0.4) is 0 Å². The molecule has 0 amide bonds. The summed E-state index contributed by atoms with van der Waals surface area (Å²) in [7, 11) is 0. The molecule has 62 valence electrons. The molecule has 0 radical (unpaired) electrons. The van der Waals surface area contributed by atoms with Crippen molar-refractivity contribution in [3.8, 4) is 9.85 Å². The van der Waals surface area contributed by atoms with E-state index in [1.807, 2.05) is 24.3 Å². The third-order valence-electron chi connectivity index (χ3n) is 1.97. The molecule has 13 heavy (non-hydrogen) atoms. The molecule has 0 aromatic heterocycles. The summed E-state index contributed by atoms with van der Waals surface area (Å²) in [4.78, 5) is 0. The Kier molecular flexibility index (Phi) is 2.51. The summed E-state index contributed by atoms with van der Waals surface area (Å²) >= 11 is 2.06. The van der Waals surface area contributed by atoms with Crippen LogP contribution in [0.25, 0.3) is 10.8 Å². The van der Waals surface area contributed by atoms with Crippen molar-refractivity contribution in [2.75, 3.05) is 0 Å². The van der Waals surface area contributed by atoms with Crippen molar-refractivity contribution >= 4 is 33.4 Å². The molecule has 2 aromatic rings. The van der Waals surface area contributed by atoms with Gasteiger partial charge in [-0.3, -0.25) is 0 Å². The van der Waals surface area contributed by atoms with Gasteiger partial charge in [0.25, 0.3) is 0 Å². The monoisotopic (exact) mass is 278 g/mol. The average Bonchev–Trinajstić information content (AvgIpc) is 2.19. The number of hydrogen-bond donors (Lipinski definition) is 0. The van der Waals surface area contributed by atoms with Gasteiger partial charge in [-0.15, -0.1) is 0 Å². The van der Waals surface area contributed by atoms with Crippen LogP contribution in [0.15, 0.2) is 42.5 Å². The molecule has 0 atom stereocenters. The van der Waals surface area contributed by atoms with E-state index >= 15 is 0 Å². The molecular weight excluding hydrogens is 271 g/mol. The summed E-state index contributed by atoms with van der Waals surface area (Å²) in [6.07, 6.45) is 0. The molecule has 0 nitrogen and oxygen atoms in total. The second kappa shape index (κ2) is 3.80. The summed E-state index contributed by atoms with van der Waals surface area (Å²) < 4.78 is 2.90. The van der Waals surface area contributed by atoms with Gasteiger partial charge in [-0.25, -0.2) is 0 Å². The minimum absolute atomic E-state index is 1.10. The molecule has 0 unspecified atom stereocenters. The zero-order valence-electron chi connectivity index (χ0n) is 6.92. The summed E-state index contributed by atoms with van der Waals surface area (Å²) in [6, 6.07) is 14.5. The Morgan fingerprint density at radius 2 is 1.69 bits per heavy atom. The predicted octanol–water partition coefficient (Wildman–Crippen LogP) is 3.58. The Bertz CT molecular complexity index is 484. The number of rotatable bonds is 0. The van der Waals surface area contributed by atoms with Crippen molar-refractivity contribution in [3.05, 3.63) is 48.0 Å². The molecule has 0 saturated carbocycles. The average molecular weight is 278 g/mol. The van der Waals surface area contributed by atoms with Gasteiger partial charge in [-0.1, -0.05) is 42.3 Å². The first-order chi connectivity index (χ1) is 6.42. The maximum Gasteiger partial charge on any atom is 0.0331 e. The third kappa shape index (κ3) is 1.68. The maximum absolute atomic E-state index is 3.09. The lowest BCUT2D eigenvalue weighted by atomic mass is 10.1. The van der Waals surface area contributed by atoms with E-state index in [9.17, 15) is 0 Å². The summed E-state index contributed by atoms with van der Waals surface area (Å²) in [6.45, 7) is 0. The largest absolute Gasteiger partial charge is 0.0616 e. The second-order valence-electron chi connectivity index (χ2n) is 2.75. The highest BCUT2D eigenvalue weighted by Gasteiger charge is 1.95. The second-order valence-corrected chi connectivity index (χ2v) is 3.29. The Labute approximate surface area is 91.1 Å². The topological polar surface area (TPSA) is 0 Å². The van der Waals surface area contributed by atoms with E-state index in [4.69, 9.17) is 0 Å². The van der Waals surface area contributed by atoms with E-state index < -0.39 is 0 Å². The molecular formula is C12H7I. The molecule has 0 saturated heterocycles. The third-order valence-corrected chi connectivity index (χ3v) is 2.24. The smallest absolute Gasteiger partial charge is 0.0331 e. The van der Waals surface area contributed by atoms with Crippen LogP contribution in [0.5, 0.6) is 0 Å². The molecule has 2 aromatic carbocycles. The predicted molar refractivity (Wildman–Crippen MR) is 64.8 cm³/mol. The molecule has 0 N–H and O–H groups in total. The minimum atomic E-state index is 1.10. The zero-order valence-corrected chi connectivity index (χ0v) is 9.08. The number of benzene rings is 2. The van der Waals surface area contributed by atoms with E-state index in [1.54, 1.807) is 0 Å². The van der Waals surface area contributed by atoms with E-state index in [-0.39, 0.29) is 0 Å². The number of halogens is 1. The maximum atomic E-state index is 3.09. The van der Waals surface area contributed by atoms with Crippen molar-refractivity contribution in [2.45, 2.75) is 0 Å². The van der Waals surface area contributed by atoms with Gasteiger partial charge >= 0.3 is 0 Å². The van der Waals surface area contributed by atoms with Crippen molar-refractivity contribution < 1.29 is 0 Å². The Hall–Kier alpha value is -1.01. The van der Waals surface area contributed by atoms with Crippen LogP contribution in [0.2, 0.25) is 0 Å². The molecule has 0 spiro atoms. The molecule has 1 heteroatoms. The standard InChI is InChI=1S/C12H7I/c13-9-8-11-6-3-5-10-4-1-2-7-12(10)11/h1-7H. The summed E-state index contributed by atoms with van der Waals surface area (Å²) in [5, 5.41) is 2.48. The Balaban J connectivity index is 2.80. The van der Waals surface area contributed by atoms with Gasteiger partial charge in [-0.05, 0) is 20.8 Å². The first kappa shape index (κ1) is 8.58. The van der Waals surface area contributed by atoms with E-state index in [0.29, 0.717) is 0 Å². The fourth-order valence-electron chi connectivity index (χ4n) is 1.39. The fraction of sp³-hybridized carbons (Fsp3) is 0. The van der Waals surface area contributed by atoms with Crippen molar-refractivity contribution in [2.24, 2.45) is 0 Å². The van der Waals surface area contributed by atoms with Gasteiger partial charge in [0.1, 0.15) is 0 Å². The molecule has 0 fully saturated rings. The summed E-state index contributed by atoms with van der Waals surface area (Å²) in [5.41, 5.74) is 1.10. The fourth-order valence-corrected chi connectivity index (χ4v) is 1.68. The van der Waals surface area contributed by atoms with Crippen LogP contribution in [-0.4, -0.2) is 0 Å². The molecule has 0 aliphatic carbocycles. The Morgan fingerprint density at radius 1 is 0.923 bits per heavy atom. The van der Waals surface area contributed by atoms with Crippen LogP contribution in [0.4, 0.5) is 0 Å². The molecule has 0 aliphatic rings. The molecule has 0 bridgehead atoms. The van der Waals surface area contributed by atoms with Gasteiger partial charge in [0.05, 0.1) is 0 Å². The molecule has 0 aliphatic heterocycles. The van der Waals surface area contributed by atoms with Gasteiger partial charge in [-0.2, -0.15) is 0 Å². The van der Waals surface area contributed by atoms with Gasteiger partial charge in [0.15, 0.2) is 0 Å². The van der Waals surface area contributed by atoms with Crippen LogP contribution < -0.4 is 0 Å². The van der Waals surface area contributed by atoms with Crippen LogP contribution in [0.1, 0.15) is 5.56 Å². The number of fused-ring (bicyclic) bond motifs is 1. The lowest BCUT2D eigenvalue weighted by Crippen LogP contribution is -1.77. The van der Waals surface area contributed by atoms with E-state index in [2.05, 4.69) is 50.6 Å². The van der Waals surface area contributed by atoms with Gasteiger partial charge < -0.3 is 0 Å². The van der Waals surface area contributed by atoms with E-state index in [1.165, 1.54) is 10.8 Å². The zero-order chi connectivity index (χ0) is 9.10. The lowest BCUT2D eigenvalue weighted by Gasteiger charge is -1.98. The van der Waals surface area contributed by atoms with Gasteiger partial charge in [0, 0.05) is 28.2 Å². The van der Waals surface area contributed by atoms with Crippen molar-refractivity contribution in [1.82, 2.24) is 0 Å². The Morgan fingerprint density at radius 3 is 2.54 bits per heavy atom. The summed E-state index contributed by atoms with van der Waals surface area (Å²) in [5.74, 6) is 3.09.